The number of nitrogens with zero attached hydrogens (tertiary/aromatic N) is 1. The van der Waals surface area contributed by atoms with Crippen LogP contribution in [0, 0.1) is 5.41 Å². The number of alkyl halides is 3. The largest absolute Gasteiger partial charge is 0.401 e. The van der Waals surface area contributed by atoms with E-state index in [1.54, 1.807) is 4.90 Å². The third-order valence-electron chi connectivity index (χ3n) is 4.58. The summed E-state index contributed by atoms with van der Waals surface area (Å²) in [4.78, 5) is 1.71. The summed E-state index contributed by atoms with van der Waals surface area (Å²) in [6.07, 6.45) is 3.36. The van der Waals surface area contributed by atoms with Crippen molar-refractivity contribution in [3.05, 3.63) is 0 Å². The van der Waals surface area contributed by atoms with Crippen LogP contribution in [0.15, 0.2) is 0 Å². The average molecular weight is 292 g/mol. The van der Waals surface area contributed by atoms with Crippen LogP contribution in [-0.4, -0.2) is 43.3 Å². The molecule has 0 aromatic rings. The van der Waals surface area contributed by atoms with Crippen molar-refractivity contribution in [1.82, 2.24) is 10.2 Å². The number of hydrogen-bond acceptors (Lipinski definition) is 2. The molecule has 2 fully saturated rings. The Labute approximate surface area is 120 Å². The summed E-state index contributed by atoms with van der Waals surface area (Å²) in [6.45, 7) is 3.85. The van der Waals surface area contributed by atoms with E-state index in [-0.39, 0.29) is 11.5 Å². The minimum absolute atomic E-state index is 0.0724. The monoisotopic (exact) mass is 292 g/mol. The zero-order valence-electron chi connectivity index (χ0n) is 12.4. The van der Waals surface area contributed by atoms with E-state index in [9.17, 15) is 13.2 Å². The highest BCUT2D eigenvalue weighted by Gasteiger charge is 2.43. The first-order chi connectivity index (χ1) is 9.44. The molecule has 0 atom stereocenters. The van der Waals surface area contributed by atoms with E-state index in [4.69, 9.17) is 0 Å². The minimum atomic E-state index is -4.07. The second-order valence-electron chi connectivity index (χ2n) is 6.64. The summed E-state index contributed by atoms with van der Waals surface area (Å²) < 4.78 is 38.2. The van der Waals surface area contributed by atoms with Gasteiger partial charge in [0.15, 0.2) is 0 Å². The average Bonchev–Trinajstić information content (AvgIpc) is 3.10. The zero-order chi connectivity index (χ0) is 14.6. The lowest BCUT2D eigenvalue weighted by Crippen LogP contribution is -2.46. The topological polar surface area (TPSA) is 15.3 Å². The molecule has 0 amide bonds. The summed E-state index contributed by atoms with van der Waals surface area (Å²) in [7, 11) is 0. The highest BCUT2D eigenvalue weighted by Crippen LogP contribution is 2.41. The fourth-order valence-electron chi connectivity index (χ4n) is 3.46. The molecular weight excluding hydrogens is 265 g/mol. The second kappa shape index (κ2) is 6.65. The molecule has 0 radical (unpaired) electrons. The molecule has 20 heavy (non-hydrogen) atoms. The molecule has 0 aromatic heterocycles. The van der Waals surface area contributed by atoms with Gasteiger partial charge in [0.25, 0.3) is 0 Å². The standard InChI is InChI=1S/C15H27F3N2/c1-2-9-19-10-14(7-3-4-8-14)11-20(13-5-6-13)12-15(16,17)18/h13,19H,2-12H2,1H3. The lowest BCUT2D eigenvalue weighted by atomic mass is 9.85. The van der Waals surface area contributed by atoms with Gasteiger partial charge in [-0.1, -0.05) is 19.8 Å². The number of halogens is 3. The van der Waals surface area contributed by atoms with Crippen molar-refractivity contribution in [2.24, 2.45) is 5.41 Å². The molecule has 0 aromatic carbocycles. The van der Waals surface area contributed by atoms with Gasteiger partial charge < -0.3 is 5.32 Å². The Morgan fingerprint density at radius 3 is 2.35 bits per heavy atom. The van der Waals surface area contributed by atoms with Gasteiger partial charge in [0.1, 0.15) is 0 Å². The Balaban J connectivity index is 1.93. The van der Waals surface area contributed by atoms with Crippen LogP contribution in [0.25, 0.3) is 0 Å². The van der Waals surface area contributed by atoms with Gasteiger partial charge in [0.05, 0.1) is 6.54 Å². The predicted molar refractivity (Wildman–Crippen MR) is 74.7 cm³/mol. The van der Waals surface area contributed by atoms with Gasteiger partial charge in [-0.15, -0.1) is 0 Å². The smallest absolute Gasteiger partial charge is 0.316 e. The Bertz CT molecular complexity index is 294. The van der Waals surface area contributed by atoms with Crippen LogP contribution in [0.2, 0.25) is 0 Å². The Morgan fingerprint density at radius 1 is 1.20 bits per heavy atom. The summed E-state index contributed by atoms with van der Waals surface area (Å²) in [5.41, 5.74) is 0.0724. The van der Waals surface area contributed by atoms with Crippen molar-refractivity contribution in [2.75, 3.05) is 26.2 Å². The molecule has 0 bridgehead atoms. The maximum Gasteiger partial charge on any atom is 0.401 e. The SMILES string of the molecule is CCCNCC1(CN(CC(F)(F)F)C2CC2)CCCC1. The van der Waals surface area contributed by atoms with E-state index in [1.165, 1.54) is 12.8 Å². The van der Waals surface area contributed by atoms with Gasteiger partial charge in [-0.25, -0.2) is 0 Å². The van der Waals surface area contributed by atoms with Crippen molar-refractivity contribution in [1.29, 1.82) is 0 Å². The van der Waals surface area contributed by atoms with E-state index in [0.717, 1.165) is 45.2 Å². The van der Waals surface area contributed by atoms with Crippen LogP contribution < -0.4 is 5.32 Å². The molecular formula is C15H27F3N2. The van der Waals surface area contributed by atoms with Gasteiger partial charge in [0.2, 0.25) is 0 Å². The maximum absolute atomic E-state index is 12.7. The molecule has 2 saturated carbocycles. The minimum Gasteiger partial charge on any atom is -0.316 e. The fourth-order valence-corrected chi connectivity index (χ4v) is 3.46. The van der Waals surface area contributed by atoms with Crippen molar-refractivity contribution >= 4 is 0 Å². The molecule has 5 heteroatoms. The highest BCUT2D eigenvalue weighted by molar-refractivity contribution is 4.94. The first-order valence-corrected chi connectivity index (χ1v) is 7.96. The quantitative estimate of drug-likeness (QED) is 0.688. The maximum atomic E-state index is 12.7. The normalized spacial score (nSPS) is 22.6. The number of nitrogens with one attached hydrogen (secondary N) is 1. The van der Waals surface area contributed by atoms with Crippen molar-refractivity contribution in [3.8, 4) is 0 Å². The molecule has 0 aliphatic heterocycles. The molecule has 118 valence electrons. The summed E-state index contributed by atoms with van der Waals surface area (Å²) >= 11 is 0. The van der Waals surface area contributed by atoms with E-state index in [0.29, 0.717) is 6.54 Å². The van der Waals surface area contributed by atoms with Crippen LogP contribution in [0.5, 0.6) is 0 Å². The van der Waals surface area contributed by atoms with Crippen LogP contribution in [0.3, 0.4) is 0 Å². The van der Waals surface area contributed by atoms with E-state index in [2.05, 4.69) is 12.2 Å². The zero-order valence-corrected chi connectivity index (χ0v) is 12.4. The lowest BCUT2D eigenvalue weighted by molar-refractivity contribution is -0.150. The first-order valence-electron chi connectivity index (χ1n) is 7.96. The molecule has 2 nitrogen and oxygen atoms in total. The molecule has 0 saturated heterocycles. The van der Waals surface area contributed by atoms with Gasteiger partial charge in [-0.05, 0) is 44.1 Å². The van der Waals surface area contributed by atoms with Crippen LogP contribution in [0.1, 0.15) is 51.9 Å². The molecule has 0 unspecified atom stereocenters. The van der Waals surface area contributed by atoms with Crippen molar-refractivity contribution in [3.63, 3.8) is 0 Å². The molecule has 1 N–H and O–H groups in total. The third-order valence-corrected chi connectivity index (χ3v) is 4.58. The number of rotatable bonds is 8. The van der Waals surface area contributed by atoms with E-state index < -0.39 is 12.7 Å². The van der Waals surface area contributed by atoms with Gasteiger partial charge in [-0.2, -0.15) is 13.2 Å². The van der Waals surface area contributed by atoms with E-state index in [1.807, 2.05) is 0 Å². The third kappa shape index (κ3) is 4.92. The van der Waals surface area contributed by atoms with E-state index >= 15 is 0 Å². The summed E-state index contributed by atoms with van der Waals surface area (Å²) in [6, 6.07) is 0.181. The summed E-state index contributed by atoms with van der Waals surface area (Å²) in [5, 5.41) is 3.44. The Hall–Kier alpha value is -0.290. The van der Waals surface area contributed by atoms with Crippen LogP contribution in [-0.2, 0) is 0 Å². The number of hydrogen-bond donors (Lipinski definition) is 1. The molecule has 0 heterocycles. The second-order valence-corrected chi connectivity index (χ2v) is 6.64. The molecule has 2 aliphatic rings. The Morgan fingerprint density at radius 2 is 1.85 bits per heavy atom. The fraction of sp³-hybridized carbons (Fsp3) is 1.00. The van der Waals surface area contributed by atoms with Gasteiger partial charge in [-0.3, -0.25) is 4.90 Å². The lowest BCUT2D eigenvalue weighted by Gasteiger charge is -2.36. The summed E-state index contributed by atoms with van der Waals surface area (Å²) in [5.74, 6) is 0. The van der Waals surface area contributed by atoms with Crippen LogP contribution >= 0.6 is 0 Å². The first kappa shape index (κ1) is 16.1. The molecule has 0 spiro atoms. The van der Waals surface area contributed by atoms with Gasteiger partial charge in [0, 0.05) is 19.1 Å². The van der Waals surface area contributed by atoms with Gasteiger partial charge >= 0.3 is 6.18 Å². The Kier molecular flexibility index (Phi) is 5.35. The predicted octanol–water partition coefficient (Wildman–Crippen LogP) is 3.57. The molecule has 2 aliphatic carbocycles. The van der Waals surface area contributed by atoms with Crippen LogP contribution in [0.4, 0.5) is 13.2 Å². The molecule has 2 rings (SSSR count). The highest BCUT2D eigenvalue weighted by atomic mass is 19.4. The van der Waals surface area contributed by atoms with Crippen molar-refractivity contribution in [2.45, 2.75) is 64.1 Å². The van der Waals surface area contributed by atoms with Crippen molar-refractivity contribution < 1.29 is 13.2 Å².